The van der Waals surface area contributed by atoms with Crippen molar-refractivity contribution < 1.29 is 22.7 Å². The first kappa shape index (κ1) is 27.2. The minimum atomic E-state index is -4.30. The maximum absolute atomic E-state index is 13.0. The molecule has 2 aromatic carbocycles. The van der Waals surface area contributed by atoms with Gasteiger partial charge in [-0.3, -0.25) is 0 Å². The molecular formula is C29H29F3N6O2. The molecule has 1 N–H and O–H groups in total. The fourth-order valence-corrected chi connectivity index (χ4v) is 4.75. The molecule has 8 nitrogen and oxygen atoms in total. The van der Waals surface area contributed by atoms with Crippen LogP contribution < -0.4 is 15.0 Å². The number of aromatic nitrogens is 3. The summed E-state index contributed by atoms with van der Waals surface area (Å²) in [4.78, 5) is 29.5. The summed E-state index contributed by atoms with van der Waals surface area (Å²) in [5.74, 6) is -0.151. The predicted octanol–water partition coefficient (Wildman–Crippen LogP) is 6.06. The number of alkyl halides is 3. The van der Waals surface area contributed by atoms with Crippen LogP contribution >= 0.6 is 0 Å². The van der Waals surface area contributed by atoms with Crippen LogP contribution in [0.15, 0.2) is 60.9 Å². The average molecular weight is 551 g/mol. The SMILES string of the molecule is COc1ccc(CN(C)c2ncc3cc(-c4cc(NC(=O)N5CCC(C(F)(F)F)C5)ccc4C)cnc3n2)cc1. The smallest absolute Gasteiger partial charge is 0.393 e. The maximum atomic E-state index is 13.0. The first-order valence-corrected chi connectivity index (χ1v) is 12.8. The Morgan fingerprint density at radius 2 is 1.90 bits per heavy atom. The van der Waals surface area contributed by atoms with Crippen molar-refractivity contribution in [2.24, 2.45) is 5.92 Å². The number of nitrogens with one attached hydrogen (secondary N) is 1. The normalized spacial score (nSPS) is 15.3. The number of carbonyl (C=O) groups is 1. The number of nitrogens with zero attached hydrogens (tertiary/aromatic N) is 5. The molecule has 0 spiro atoms. The lowest BCUT2D eigenvalue weighted by Gasteiger charge is -2.19. The van der Waals surface area contributed by atoms with Crippen molar-refractivity contribution in [3.05, 3.63) is 72.1 Å². The van der Waals surface area contributed by atoms with E-state index in [0.29, 0.717) is 23.8 Å². The molecule has 2 amide bonds. The second-order valence-electron chi connectivity index (χ2n) is 9.94. The zero-order valence-electron chi connectivity index (χ0n) is 22.4. The Labute approximate surface area is 229 Å². The molecule has 208 valence electrons. The summed E-state index contributed by atoms with van der Waals surface area (Å²) in [6.45, 7) is 2.29. The fraction of sp³-hybridized carbons (Fsp3) is 0.310. The number of hydrogen-bond acceptors (Lipinski definition) is 6. The number of likely N-dealkylation sites (tertiary alicyclic amines) is 1. The number of anilines is 2. The predicted molar refractivity (Wildman–Crippen MR) is 147 cm³/mol. The van der Waals surface area contributed by atoms with Gasteiger partial charge in [-0.25, -0.2) is 14.8 Å². The Morgan fingerprint density at radius 3 is 2.60 bits per heavy atom. The topological polar surface area (TPSA) is 83.5 Å². The molecule has 2 aromatic heterocycles. The summed E-state index contributed by atoms with van der Waals surface area (Å²) in [5.41, 5.74) is 4.72. The third-order valence-corrected chi connectivity index (χ3v) is 7.08. The van der Waals surface area contributed by atoms with Crippen molar-refractivity contribution in [2.75, 3.05) is 37.5 Å². The lowest BCUT2D eigenvalue weighted by Crippen LogP contribution is -2.35. The lowest BCUT2D eigenvalue weighted by atomic mass is 10.0. The van der Waals surface area contributed by atoms with Crippen LogP contribution in [0.25, 0.3) is 22.2 Å². The van der Waals surface area contributed by atoms with Crippen LogP contribution in [0, 0.1) is 12.8 Å². The number of carbonyl (C=O) groups excluding carboxylic acids is 1. The van der Waals surface area contributed by atoms with Gasteiger partial charge in [0.1, 0.15) is 5.75 Å². The summed E-state index contributed by atoms with van der Waals surface area (Å²) in [5, 5.41) is 3.49. The highest BCUT2D eigenvalue weighted by atomic mass is 19.4. The molecule has 0 saturated carbocycles. The number of rotatable bonds is 6. The molecule has 1 saturated heterocycles. The van der Waals surface area contributed by atoms with Crippen LogP contribution in [0.1, 0.15) is 17.5 Å². The maximum Gasteiger partial charge on any atom is 0.393 e. The van der Waals surface area contributed by atoms with Gasteiger partial charge in [0.2, 0.25) is 5.95 Å². The Morgan fingerprint density at radius 1 is 1.12 bits per heavy atom. The molecule has 1 atom stereocenters. The molecule has 40 heavy (non-hydrogen) atoms. The van der Waals surface area contributed by atoms with Gasteiger partial charge in [-0.2, -0.15) is 18.2 Å². The summed E-state index contributed by atoms with van der Waals surface area (Å²) in [6, 6.07) is 14.6. The molecule has 0 aliphatic carbocycles. The van der Waals surface area contributed by atoms with E-state index in [-0.39, 0.29) is 19.5 Å². The van der Waals surface area contributed by atoms with E-state index < -0.39 is 18.1 Å². The molecule has 1 fully saturated rings. The summed E-state index contributed by atoms with van der Waals surface area (Å²) in [6.07, 6.45) is -0.944. The number of methoxy groups -OCH3 is 1. The Kier molecular flexibility index (Phi) is 7.46. The highest BCUT2D eigenvalue weighted by molar-refractivity contribution is 5.91. The van der Waals surface area contributed by atoms with Crippen molar-refractivity contribution in [1.82, 2.24) is 19.9 Å². The second-order valence-corrected chi connectivity index (χ2v) is 9.94. The fourth-order valence-electron chi connectivity index (χ4n) is 4.75. The van der Waals surface area contributed by atoms with Gasteiger partial charge in [0.15, 0.2) is 5.65 Å². The van der Waals surface area contributed by atoms with Gasteiger partial charge < -0.3 is 19.9 Å². The highest BCUT2D eigenvalue weighted by Crippen LogP contribution is 2.34. The summed E-state index contributed by atoms with van der Waals surface area (Å²) in [7, 11) is 3.54. The summed E-state index contributed by atoms with van der Waals surface area (Å²) >= 11 is 0. The van der Waals surface area contributed by atoms with Gasteiger partial charge >= 0.3 is 12.2 Å². The standard InChI is InChI=1S/C29H29F3N6O2/c1-18-4-7-23(35-28(39)38-11-10-22(17-38)29(30,31)32)13-25(18)20-12-21-15-34-27(36-26(21)33-14-20)37(2)16-19-5-8-24(40-3)9-6-19/h4-9,12-15,22H,10-11,16-17H2,1-3H3,(H,35,39). The van der Waals surface area contributed by atoms with Gasteiger partial charge in [0.05, 0.1) is 13.0 Å². The Bertz CT molecular complexity index is 1530. The number of halogens is 3. The lowest BCUT2D eigenvalue weighted by molar-refractivity contribution is -0.169. The van der Waals surface area contributed by atoms with Crippen molar-refractivity contribution in [3.63, 3.8) is 0 Å². The zero-order valence-corrected chi connectivity index (χ0v) is 22.4. The number of urea groups is 1. The van der Waals surface area contributed by atoms with Gasteiger partial charge in [-0.05, 0) is 60.4 Å². The van der Waals surface area contributed by atoms with Crippen molar-refractivity contribution in [1.29, 1.82) is 0 Å². The molecule has 1 aliphatic heterocycles. The van der Waals surface area contributed by atoms with E-state index >= 15 is 0 Å². The Balaban J connectivity index is 1.31. The molecular weight excluding hydrogens is 521 g/mol. The molecule has 3 heterocycles. The van der Waals surface area contributed by atoms with Crippen LogP contribution in [0.5, 0.6) is 5.75 Å². The van der Waals surface area contributed by atoms with Crippen LogP contribution in [0.4, 0.5) is 29.6 Å². The van der Waals surface area contributed by atoms with E-state index in [0.717, 1.165) is 33.4 Å². The molecule has 1 unspecified atom stereocenters. The van der Waals surface area contributed by atoms with E-state index in [4.69, 9.17) is 4.74 Å². The van der Waals surface area contributed by atoms with Gasteiger partial charge in [0, 0.05) is 55.7 Å². The molecule has 0 radical (unpaired) electrons. The van der Waals surface area contributed by atoms with E-state index in [1.54, 1.807) is 31.6 Å². The minimum Gasteiger partial charge on any atom is -0.497 e. The molecule has 11 heteroatoms. The monoisotopic (exact) mass is 550 g/mol. The van der Waals surface area contributed by atoms with Gasteiger partial charge in [0.25, 0.3) is 0 Å². The van der Waals surface area contributed by atoms with Crippen LogP contribution in [0.2, 0.25) is 0 Å². The van der Waals surface area contributed by atoms with Crippen molar-refractivity contribution in [2.45, 2.75) is 26.1 Å². The van der Waals surface area contributed by atoms with Crippen molar-refractivity contribution in [3.8, 4) is 16.9 Å². The average Bonchev–Trinajstić information content (AvgIpc) is 3.46. The Hall–Kier alpha value is -4.41. The third-order valence-electron chi connectivity index (χ3n) is 7.08. The van der Waals surface area contributed by atoms with Crippen LogP contribution in [-0.4, -0.2) is 59.3 Å². The second kappa shape index (κ2) is 11.0. The number of hydrogen-bond donors (Lipinski definition) is 1. The summed E-state index contributed by atoms with van der Waals surface area (Å²) < 4.78 is 44.3. The van der Waals surface area contributed by atoms with Gasteiger partial charge in [-0.1, -0.05) is 18.2 Å². The number of pyridine rings is 1. The first-order valence-electron chi connectivity index (χ1n) is 12.8. The van der Waals surface area contributed by atoms with E-state index in [9.17, 15) is 18.0 Å². The first-order chi connectivity index (χ1) is 19.1. The molecule has 0 bridgehead atoms. The van der Waals surface area contributed by atoms with E-state index in [1.165, 1.54) is 4.90 Å². The number of benzene rings is 2. The quantitative estimate of drug-likeness (QED) is 0.314. The van der Waals surface area contributed by atoms with Gasteiger partial charge in [-0.15, -0.1) is 0 Å². The third kappa shape index (κ3) is 5.93. The van der Waals surface area contributed by atoms with Crippen molar-refractivity contribution >= 4 is 28.7 Å². The molecule has 5 rings (SSSR count). The molecule has 4 aromatic rings. The number of aryl methyl sites for hydroxylation is 1. The highest BCUT2D eigenvalue weighted by Gasteiger charge is 2.44. The van der Waals surface area contributed by atoms with E-state index in [2.05, 4.69) is 20.3 Å². The number of amides is 2. The minimum absolute atomic E-state index is 0.0700. The molecule has 1 aliphatic rings. The van der Waals surface area contributed by atoms with Crippen LogP contribution in [-0.2, 0) is 6.54 Å². The number of fused-ring (bicyclic) bond motifs is 1. The largest absolute Gasteiger partial charge is 0.497 e. The van der Waals surface area contributed by atoms with Crippen LogP contribution in [0.3, 0.4) is 0 Å². The number of ether oxygens (including phenoxy) is 1. The zero-order chi connectivity index (χ0) is 28.4. The van der Waals surface area contributed by atoms with E-state index in [1.807, 2.05) is 55.3 Å².